The zero-order chi connectivity index (χ0) is 28.5. The molecular formula is C38H76O. The third kappa shape index (κ3) is 32.1. The Morgan fingerprint density at radius 2 is 0.564 bits per heavy atom. The van der Waals surface area contributed by atoms with Crippen LogP contribution >= 0.6 is 0 Å². The standard InChI is InChI=1S/C38H76O/c1-4-7-10-13-15-20-24-28-33-37(32-27-23-14-11-8-5-2)34-29-25-21-18-16-17-19-22-26-31-36-38(39)35-30-12-9-6-3/h37H,4-36H2,1-3H3. The summed E-state index contributed by atoms with van der Waals surface area (Å²) in [4.78, 5) is 11.9. The summed E-state index contributed by atoms with van der Waals surface area (Å²) in [5.41, 5.74) is 0. The van der Waals surface area contributed by atoms with E-state index in [4.69, 9.17) is 0 Å². The van der Waals surface area contributed by atoms with Crippen molar-refractivity contribution in [3.05, 3.63) is 0 Å². The summed E-state index contributed by atoms with van der Waals surface area (Å²) < 4.78 is 0. The monoisotopic (exact) mass is 549 g/mol. The lowest BCUT2D eigenvalue weighted by atomic mass is 9.89. The molecule has 234 valence electrons. The predicted molar refractivity (Wildman–Crippen MR) is 178 cm³/mol. The highest BCUT2D eigenvalue weighted by atomic mass is 16.1. The van der Waals surface area contributed by atoms with E-state index < -0.39 is 0 Å². The van der Waals surface area contributed by atoms with Crippen LogP contribution in [0.3, 0.4) is 0 Å². The van der Waals surface area contributed by atoms with Gasteiger partial charge in [0, 0.05) is 12.8 Å². The first-order valence-corrected chi connectivity index (χ1v) is 18.8. The minimum atomic E-state index is 0.512. The van der Waals surface area contributed by atoms with Gasteiger partial charge in [-0.1, -0.05) is 207 Å². The molecule has 0 rings (SSSR count). The molecule has 0 aromatic heterocycles. The van der Waals surface area contributed by atoms with E-state index in [1.54, 1.807) is 0 Å². The Morgan fingerprint density at radius 3 is 0.872 bits per heavy atom. The van der Waals surface area contributed by atoms with Gasteiger partial charge in [0.2, 0.25) is 0 Å². The molecule has 0 radical (unpaired) electrons. The molecule has 0 saturated carbocycles. The summed E-state index contributed by atoms with van der Waals surface area (Å²) in [5, 5.41) is 0. The summed E-state index contributed by atoms with van der Waals surface area (Å²) in [6.07, 6.45) is 45.2. The van der Waals surface area contributed by atoms with E-state index in [1.807, 2.05) is 0 Å². The molecule has 0 saturated heterocycles. The van der Waals surface area contributed by atoms with Crippen molar-refractivity contribution in [3.63, 3.8) is 0 Å². The normalized spacial score (nSPS) is 12.3. The lowest BCUT2D eigenvalue weighted by Crippen LogP contribution is -2.01. The molecule has 0 aromatic rings. The summed E-state index contributed by atoms with van der Waals surface area (Å²) in [6.45, 7) is 6.87. The first kappa shape index (κ1) is 38.7. The molecule has 1 unspecified atom stereocenters. The van der Waals surface area contributed by atoms with Crippen LogP contribution in [0.5, 0.6) is 0 Å². The van der Waals surface area contributed by atoms with E-state index in [1.165, 1.54) is 186 Å². The Hall–Kier alpha value is -0.330. The van der Waals surface area contributed by atoms with Crippen LogP contribution in [0.4, 0.5) is 0 Å². The Labute approximate surface area is 248 Å². The minimum absolute atomic E-state index is 0.512. The maximum absolute atomic E-state index is 11.9. The Kier molecular flexibility index (Phi) is 33.6. The van der Waals surface area contributed by atoms with Gasteiger partial charge in [0.15, 0.2) is 0 Å². The van der Waals surface area contributed by atoms with Crippen molar-refractivity contribution in [1.29, 1.82) is 0 Å². The average molecular weight is 549 g/mol. The molecule has 0 spiro atoms. The minimum Gasteiger partial charge on any atom is -0.300 e. The van der Waals surface area contributed by atoms with Crippen molar-refractivity contribution < 1.29 is 4.79 Å². The fraction of sp³-hybridized carbons (Fsp3) is 0.974. The van der Waals surface area contributed by atoms with Crippen molar-refractivity contribution in [2.75, 3.05) is 0 Å². The molecule has 0 aliphatic rings. The van der Waals surface area contributed by atoms with Gasteiger partial charge in [-0.3, -0.25) is 4.79 Å². The second kappa shape index (κ2) is 33.9. The molecule has 0 N–H and O–H groups in total. The molecule has 0 amide bonds. The SMILES string of the molecule is CCCCCCCCCCC(CCCCCCCC)CCCCCCCCCCCCC(=O)CCCCCC. The average Bonchev–Trinajstić information content (AvgIpc) is 2.94. The summed E-state index contributed by atoms with van der Waals surface area (Å²) in [5.74, 6) is 1.53. The molecule has 1 heteroatoms. The summed E-state index contributed by atoms with van der Waals surface area (Å²) in [7, 11) is 0. The van der Waals surface area contributed by atoms with Crippen LogP contribution in [0, 0.1) is 5.92 Å². The van der Waals surface area contributed by atoms with Crippen LogP contribution in [0.2, 0.25) is 0 Å². The Morgan fingerprint density at radius 1 is 0.333 bits per heavy atom. The number of hydrogen-bond donors (Lipinski definition) is 0. The maximum atomic E-state index is 11.9. The molecule has 0 aliphatic carbocycles. The van der Waals surface area contributed by atoms with Crippen molar-refractivity contribution in [3.8, 4) is 0 Å². The van der Waals surface area contributed by atoms with Gasteiger partial charge in [0.25, 0.3) is 0 Å². The highest BCUT2D eigenvalue weighted by Gasteiger charge is 2.09. The van der Waals surface area contributed by atoms with Gasteiger partial charge < -0.3 is 0 Å². The van der Waals surface area contributed by atoms with Crippen LogP contribution in [0.15, 0.2) is 0 Å². The van der Waals surface area contributed by atoms with Gasteiger partial charge in [-0.05, 0) is 18.8 Å². The molecule has 0 bridgehead atoms. The first-order valence-electron chi connectivity index (χ1n) is 18.8. The molecule has 1 nitrogen and oxygen atoms in total. The van der Waals surface area contributed by atoms with Gasteiger partial charge in [-0.2, -0.15) is 0 Å². The Balaban J connectivity index is 3.73. The van der Waals surface area contributed by atoms with E-state index in [0.717, 1.165) is 31.6 Å². The molecule has 0 fully saturated rings. The van der Waals surface area contributed by atoms with Gasteiger partial charge in [-0.15, -0.1) is 0 Å². The Bertz CT molecular complexity index is 456. The third-order valence-electron chi connectivity index (χ3n) is 9.06. The number of ketones is 1. The highest BCUT2D eigenvalue weighted by molar-refractivity contribution is 5.78. The summed E-state index contributed by atoms with van der Waals surface area (Å²) in [6, 6.07) is 0. The van der Waals surface area contributed by atoms with Crippen LogP contribution in [-0.2, 0) is 4.79 Å². The number of rotatable bonds is 34. The first-order chi connectivity index (χ1) is 19.2. The van der Waals surface area contributed by atoms with E-state index in [0.29, 0.717) is 5.78 Å². The third-order valence-corrected chi connectivity index (χ3v) is 9.06. The molecule has 0 aliphatic heterocycles. The molecule has 1 atom stereocenters. The van der Waals surface area contributed by atoms with E-state index in [9.17, 15) is 4.79 Å². The lowest BCUT2D eigenvalue weighted by molar-refractivity contribution is -0.119. The second-order valence-corrected chi connectivity index (χ2v) is 13.1. The zero-order valence-corrected chi connectivity index (χ0v) is 27.8. The van der Waals surface area contributed by atoms with Crippen LogP contribution < -0.4 is 0 Å². The van der Waals surface area contributed by atoms with Crippen LogP contribution in [0.1, 0.15) is 233 Å². The quantitative estimate of drug-likeness (QED) is 0.0731. The van der Waals surface area contributed by atoms with Crippen molar-refractivity contribution in [2.24, 2.45) is 5.92 Å². The number of unbranched alkanes of at least 4 members (excludes halogenated alkanes) is 24. The number of Topliss-reactive ketones (excluding diaryl/α,β-unsaturated/α-hetero) is 1. The number of carbonyl (C=O) groups is 1. The van der Waals surface area contributed by atoms with Crippen LogP contribution in [-0.4, -0.2) is 5.78 Å². The van der Waals surface area contributed by atoms with Gasteiger partial charge in [0.1, 0.15) is 5.78 Å². The maximum Gasteiger partial charge on any atom is 0.132 e. The van der Waals surface area contributed by atoms with Gasteiger partial charge in [-0.25, -0.2) is 0 Å². The van der Waals surface area contributed by atoms with Crippen molar-refractivity contribution >= 4 is 5.78 Å². The molecule has 39 heavy (non-hydrogen) atoms. The molecule has 0 heterocycles. The largest absolute Gasteiger partial charge is 0.300 e. The molecule has 0 aromatic carbocycles. The molecular weight excluding hydrogens is 472 g/mol. The van der Waals surface area contributed by atoms with Gasteiger partial charge >= 0.3 is 0 Å². The predicted octanol–water partition coefficient (Wildman–Crippen LogP) is 14.1. The van der Waals surface area contributed by atoms with Crippen LogP contribution in [0.25, 0.3) is 0 Å². The second-order valence-electron chi connectivity index (χ2n) is 13.1. The smallest absolute Gasteiger partial charge is 0.132 e. The topological polar surface area (TPSA) is 17.1 Å². The van der Waals surface area contributed by atoms with Crippen molar-refractivity contribution in [1.82, 2.24) is 0 Å². The fourth-order valence-corrected chi connectivity index (χ4v) is 6.26. The number of hydrogen-bond acceptors (Lipinski definition) is 1. The fourth-order valence-electron chi connectivity index (χ4n) is 6.26. The highest BCUT2D eigenvalue weighted by Crippen LogP contribution is 2.25. The van der Waals surface area contributed by atoms with Crippen molar-refractivity contribution in [2.45, 2.75) is 233 Å². The van der Waals surface area contributed by atoms with E-state index in [2.05, 4.69) is 20.8 Å². The zero-order valence-electron chi connectivity index (χ0n) is 27.8. The van der Waals surface area contributed by atoms with Gasteiger partial charge in [0.05, 0.1) is 0 Å². The number of carbonyl (C=O) groups excluding carboxylic acids is 1. The summed E-state index contributed by atoms with van der Waals surface area (Å²) >= 11 is 0. The van der Waals surface area contributed by atoms with E-state index in [-0.39, 0.29) is 0 Å². The van der Waals surface area contributed by atoms with E-state index >= 15 is 0 Å². The lowest BCUT2D eigenvalue weighted by Gasteiger charge is -2.17.